The number of hydrogen-bond donors (Lipinski definition) is 3. The number of carboxylic acid groups (broad SMARTS) is 1. The maximum absolute atomic E-state index is 12.7. The molecule has 0 amide bonds. The summed E-state index contributed by atoms with van der Waals surface area (Å²) in [6.07, 6.45) is -5.57. The Morgan fingerprint density at radius 1 is 1.32 bits per heavy atom. The van der Waals surface area contributed by atoms with Crippen LogP contribution in [-0.4, -0.2) is 22.1 Å². The van der Waals surface area contributed by atoms with Crippen LogP contribution in [0.25, 0.3) is 0 Å². The zero-order valence-corrected chi connectivity index (χ0v) is 9.28. The van der Waals surface area contributed by atoms with E-state index in [-0.39, 0.29) is 0 Å². The van der Waals surface area contributed by atoms with Gasteiger partial charge in [0.15, 0.2) is 11.7 Å². The number of carboxylic acids is 1. The van der Waals surface area contributed by atoms with Crippen LogP contribution in [0.4, 0.5) is 18.9 Å². The molecule has 0 heterocycles. The Morgan fingerprint density at radius 2 is 1.89 bits per heavy atom. The first kappa shape index (κ1) is 14.6. The molecule has 8 heteroatoms. The molecule has 0 aromatic heterocycles. The fourth-order valence-corrected chi connectivity index (χ4v) is 1.47. The van der Waals surface area contributed by atoms with Gasteiger partial charge in [-0.25, -0.2) is 9.59 Å². The summed E-state index contributed by atoms with van der Waals surface area (Å²) >= 11 is 0. The van der Waals surface area contributed by atoms with Crippen LogP contribution >= 0.6 is 0 Å². The number of alkyl halides is 3. The van der Waals surface area contributed by atoms with Crippen molar-refractivity contribution in [2.75, 3.05) is 5.73 Å². The van der Waals surface area contributed by atoms with E-state index in [1.807, 2.05) is 0 Å². The molecule has 1 aromatic carbocycles. The Labute approximate surface area is 104 Å². The van der Waals surface area contributed by atoms with Crippen LogP contribution in [0.1, 0.15) is 21.5 Å². The lowest BCUT2D eigenvalue weighted by Crippen LogP contribution is -2.14. The molecule has 19 heavy (non-hydrogen) atoms. The summed E-state index contributed by atoms with van der Waals surface area (Å²) in [5, 5.41) is 17.7. The third-order valence-corrected chi connectivity index (χ3v) is 2.29. The molecular formula is C11H8F3NO4. The summed E-state index contributed by atoms with van der Waals surface area (Å²) in [5.74, 6) is -1.45. The number of aliphatic hydroxyl groups excluding tert-OH is 1. The lowest BCUT2D eigenvalue weighted by Gasteiger charge is -2.14. The van der Waals surface area contributed by atoms with Crippen LogP contribution in [0.5, 0.6) is 0 Å². The summed E-state index contributed by atoms with van der Waals surface area (Å²) in [4.78, 5) is 20.9. The SMILES string of the molecule is Nc1cc(C(F)(F)F)c(CC(O)=C=O)cc1C(=O)O. The summed E-state index contributed by atoms with van der Waals surface area (Å²) in [7, 11) is 0. The van der Waals surface area contributed by atoms with Crippen LogP contribution in [-0.2, 0) is 17.4 Å². The van der Waals surface area contributed by atoms with E-state index in [0.717, 1.165) is 5.94 Å². The van der Waals surface area contributed by atoms with Crippen molar-refractivity contribution in [1.82, 2.24) is 0 Å². The number of nitrogen functional groups attached to an aromatic ring is 1. The third-order valence-electron chi connectivity index (χ3n) is 2.29. The molecule has 0 saturated carbocycles. The number of anilines is 1. The molecule has 1 aromatic rings. The van der Waals surface area contributed by atoms with E-state index in [1.54, 1.807) is 0 Å². The number of halogens is 3. The van der Waals surface area contributed by atoms with Crippen molar-refractivity contribution in [3.8, 4) is 0 Å². The molecule has 0 fully saturated rings. The van der Waals surface area contributed by atoms with Crippen LogP contribution in [0, 0.1) is 0 Å². The number of hydrogen-bond acceptors (Lipinski definition) is 4. The number of aromatic carboxylic acids is 1. The van der Waals surface area contributed by atoms with Gasteiger partial charge in [-0.15, -0.1) is 0 Å². The highest BCUT2D eigenvalue weighted by molar-refractivity contribution is 5.94. The maximum Gasteiger partial charge on any atom is 0.416 e. The molecule has 102 valence electrons. The highest BCUT2D eigenvalue weighted by Crippen LogP contribution is 2.35. The molecule has 0 unspecified atom stereocenters. The second-order valence-corrected chi connectivity index (χ2v) is 3.63. The second-order valence-electron chi connectivity index (χ2n) is 3.63. The van der Waals surface area contributed by atoms with Gasteiger partial charge in [-0.05, 0) is 17.7 Å². The van der Waals surface area contributed by atoms with Crippen molar-refractivity contribution in [2.45, 2.75) is 12.6 Å². The number of aliphatic hydroxyl groups is 1. The van der Waals surface area contributed by atoms with Gasteiger partial charge in [0.05, 0.1) is 11.1 Å². The van der Waals surface area contributed by atoms with Crippen molar-refractivity contribution in [2.24, 2.45) is 0 Å². The molecule has 0 saturated heterocycles. The number of carbonyl (C=O) groups is 1. The largest absolute Gasteiger partial charge is 0.502 e. The molecule has 5 nitrogen and oxygen atoms in total. The summed E-state index contributed by atoms with van der Waals surface area (Å²) in [6, 6.07) is 1.13. The zero-order valence-electron chi connectivity index (χ0n) is 9.28. The summed E-state index contributed by atoms with van der Waals surface area (Å²) in [5.41, 5.74) is 2.35. The van der Waals surface area contributed by atoms with Crippen LogP contribution < -0.4 is 5.73 Å². The summed E-state index contributed by atoms with van der Waals surface area (Å²) < 4.78 is 38.2. The summed E-state index contributed by atoms with van der Waals surface area (Å²) in [6.45, 7) is 0. The van der Waals surface area contributed by atoms with Crippen LogP contribution in [0.3, 0.4) is 0 Å². The molecule has 4 N–H and O–H groups in total. The van der Waals surface area contributed by atoms with E-state index in [4.69, 9.17) is 15.9 Å². The average molecular weight is 275 g/mol. The first-order valence-corrected chi connectivity index (χ1v) is 4.82. The standard InChI is InChI=1S/C11H8F3NO4/c12-11(13,14)8-3-9(15)7(10(18)19)2-5(8)1-6(17)4-16/h2-3,17H,1,15H2,(H,18,19). The van der Waals surface area contributed by atoms with Crippen molar-refractivity contribution < 1.29 is 33.0 Å². The van der Waals surface area contributed by atoms with E-state index in [0.29, 0.717) is 12.1 Å². The predicted octanol–water partition coefficient (Wildman–Crippen LogP) is 1.80. The Bertz CT molecular complexity index is 574. The van der Waals surface area contributed by atoms with E-state index < -0.39 is 46.7 Å². The second kappa shape index (κ2) is 5.03. The molecule has 0 atom stereocenters. The van der Waals surface area contributed by atoms with Gasteiger partial charge in [-0.1, -0.05) is 0 Å². The number of rotatable bonds is 3. The third kappa shape index (κ3) is 3.26. The molecule has 1 rings (SSSR count). The van der Waals surface area contributed by atoms with Gasteiger partial charge in [0.25, 0.3) is 0 Å². The fraction of sp³-hybridized carbons (Fsp3) is 0.182. The lowest BCUT2D eigenvalue weighted by molar-refractivity contribution is -0.138. The van der Waals surface area contributed by atoms with Crippen LogP contribution in [0.2, 0.25) is 0 Å². The van der Waals surface area contributed by atoms with Crippen molar-refractivity contribution in [1.29, 1.82) is 0 Å². The average Bonchev–Trinajstić information content (AvgIpc) is 2.28. The van der Waals surface area contributed by atoms with Gasteiger partial charge in [-0.3, -0.25) is 0 Å². The molecule has 0 bridgehead atoms. The highest BCUT2D eigenvalue weighted by atomic mass is 19.4. The normalized spacial score (nSPS) is 10.9. The van der Waals surface area contributed by atoms with Gasteiger partial charge < -0.3 is 15.9 Å². The Kier molecular flexibility index (Phi) is 3.86. The van der Waals surface area contributed by atoms with Gasteiger partial charge in [0.2, 0.25) is 0 Å². The predicted molar refractivity (Wildman–Crippen MR) is 58.4 cm³/mol. The highest BCUT2D eigenvalue weighted by Gasteiger charge is 2.34. The molecule has 0 aliphatic rings. The monoisotopic (exact) mass is 275 g/mol. The van der Waals surface area contributed by atoms with Gasteiger partial charge in [0, 0.05) is 12.1 Å². The quantitative estimate of drug-likeness (QED) is 0.443. The number of benzene rings is 1. The van der Waals surface area contributed by atoms with Crippen molar-refractivity contribution >= 4 is 17.6 Å². The molecule has 0 aliphatic heterocycles. The minimum atomic E-state index is -4.79. The smallest absolute Gasteiger partial charge is 0.416 e. The Balaban J connectivity index is 3.50. The topological polar surface area (TPSA) is 101 Å². The van der Waals surface area contributed by atoms with Crippen molar-refractivity contribution in [3.05, 3.63) is 34.6 Å². The molecule has 0 radical (unpaired) electrons. The molecule has 0 aliphatic carbocycles. The first-order chi connectivity index (χ1) is 8.66. The van der Waals surface area contributed by atoms with Crippen LogP contribution in [0.15, 0.2) is 17.9 Å². The number of nitrogens with two attached hydrogens (primary N) is 1. The van der Waals surface area contributed by atoms with E-state index in [2.05, 4.69) is 0 Å². The van der Waals surface area contributed by atoms with Gasteiger partial charge in [0.1, 0.15) is 0 Å². The van der Waals surface area contributed by atoms with Gasteiger partial charge >= 0.3 is 12.1 Å². The number of carbonyl (C=O) groups excluding carboxylic acids is 1. The van der Waals surface area contributed by atoms with E-state index >= 15 is 0 Å². The van der Waals surface area contributed by atoms with E-state index in [1.165, 1.54) is 0 Å². The Morgan fingerprint density at radius 3 is 2.32 bits per heavy atom. The lowest BCUT2D eigenvalue weighted by atomic mass is 9.98. The van der Waals surface area contributed by atoms with Gasteiger partial charge in [-0.2, -0.15) is 13.2 Å². The minimum absolute atomic E-state index is 0.455. The zero-order chi connectivity index (χ0) is 14.8. The molecular weight excluding hydrogens is 267 g/mol. The minimum Gasteiger partial charge on any atom is -0.502 e. The fourth-order valence-electron chi connectivity index (χ4n) is 1.47. The first-order valence-electron chi connectivity index (χ1n) is 4.82. The van der Waals surface area contributed by atoms with E-state index in [9.17, 15) is 22.8 Å². The molecule has 0 spiro atoms. The maximum atomic E-state index is 12.7. The number of allylic oxidation sites excluding steroid dienone is 1. The van der Waals surface area contributed by atoms with Crippen molar-refractivity contribution in [3.63, 3.8) is 0 Å². The Hall–Kier alpha value is -2.47.